The fraction of sp³-hybridized carbons (Fsp3) is 0.714. The highest BCUT2D eigenvalue weighted by molar-refractivity contribution is 5.93. The molecule has 0 aromatic carbocycles. The van der Waals surface area contributed by atoms with Gasteiger partial charge in [0.05, 0.1) is 0 Å². The monoisotopic (exact) mass is 424 g/mol. The fourth-order valence-electron chi connectivity index (χ4n) is 7.15. The van der Waals surface area contributed by atoms with E-state index in [0.717, 1.165) is 19.3 Å². The molecule has 170 valence electrons. The van der Waals surface area contributed by atoms with E-state index in [0.29, 0.717) is 47.7 Å². The highest BCUT2D eigenvalue weighted by Crippen LogP contribution is 2.65. The zero-order valence-electron chi connectivity index (χ0n) is 20.2. The van der Waals surface area contributed by atoms with Gasteiger partial charge in [-0.3, -0.25) is 4.79 Å². The predicted octanol–water partition coefficient (Wildman–Crippen LogP) is 6.65. The van der Waals surface area contributed by atoms with Crippen LogP contribution in [0.3, 0.4) is 0 Å². The number of carbonyl (C=O) groups excluding carboxylic acids is 2. The van der Waals surface area contributed by atoms with Crippen molar-refractivity contribution in [1.82, 2.24) is 0 Å². The van der Waals surface area contributed by atoms with E-state index in [1.165, 1.54) is 18.4 Å². The second-order valence-electron chi connectivity index (χ2n) is 11.6. The molecule has 4 aliphatic rings. The molecule has 0 radical (unpaired) electrons. The van der Waals surface area contributed by atoms with E-state index in [1.807, 2.05) is 6.08 Å². The van der Waals surface area contributed by atoms with Crippen LogP contribution in [0, 0.1) is 46.3 Å². The normalized spacial score (nSPS) is 39.8. The number of hydrogen-bond donors (Lipinski definition) is 0. The van der Waals surface area contributed by atoms with Crippen molar-refractivity contribution in [2.45, 2.75) is 80.1 Å². The van der Waals surface area contributed by atoms with E-state index >= 15 is 0 Å². The molecule has 1 aliphatic heterocycles. The standard InChI is InChI=1S/C28H40O3/c1-17(2)18(3)7-8-19(4)22-9-10-23-21-16-26(30)31-25-15-20(29)11-13-28(25,6)24(21)12-14-27(22,23)5/h7-8,15-19,22-24H,9-14H2,1-6H3/b8-7+/t18-,19+,22-,23+,24+,27-,28-/m1/s1. The minimum absolute atomic E-state index is 0.0848. The molecule has 7 atom stereocenters. The van der Waals surface area contributed by atoms with Gasteiger partial charge in [0.2, 0.25) is 0 Å². The van der Waals surface area contributed by atoms with Gasteiger partial charge in [-0.1, -0.05) is 59.3 Å². The average molecular weight is 425 g/mol. The number of ketones is 1. The molecule has 0 saturated heterocycles. The van der Waals surface area contributed by atoms with Gasteiger partial charge in [0.15, 0.2) is 5.78 Å². The molecule has 0 unspecified atom stereocenters. The molecule has 3 heteroatoms. The van der Waals surface area contributed by atoms with Gasteiger partial charge in [0.1, 0.15) is 5.76 Å². The maximum Gasteiger partial charge on any atom is 0.335 e. The summed E-state index contributed by atoms with van der Waals surface area (Å²) in [6.07, 6.45) is 14.3. The molecule has 0 bridgehead atoms. The molecular formula is C28H40O3. The number of carbonyl (C=O) groups is 2. The van der Waals surface area contributed by atoms with Gasteiger partial charge in [-0.15, -0.1) is 0 Å². The van der Waals surface area contributed by atoms with Crippen molar-refractivity contribution in [2.24, 2.45) is 46.3 Å². The van der Waals surface area contributed by atoms with Gasteiger partial charge in [-0.25, -0.2) is 4.79 Å². The average Bonchev–Trinajstić information content (AvgIpc) is 3.01. The fourth-order valence-corrected chi connectivity index (χ4v) is 7.15. The van der Waals surface area contributed by atoms with Crippen LogP contribution < -0.4 is 0 Å². The third-order valence-electron chi connectivity index (χ3n) is 9.60. The van der Waals surface area contributed by atoms with Crippen LogP contribution in [0.1, 0.15) is 80.1 Å². The molecule has 0 aromatic rings. The molecular weight excluding hydrogens is 384 g/mol. The quantitative estimate of drug-likeness (QED) is 0.375. The summed E-state index contributed by atoms with van der Waals surface area (Å²) >= 11 is 0. The van der Waals surface area contributed by atoms with Crippen LogP contribution in [0.2, 0.25) is 0 Å². The first-order chi connectivity index (χ1) is 14.6. The van der Waals surface area contributed by atoms with Gasteiger partial charge >= 0.3 is 5.97 Å². The highest BCUT2D eigenvalue weighted by Gasteiger charge is 2.57. The summed E-state index contributed by atoms with van der Waals surface area (Å²) in [6, 6.07) is 0. The Balaban J connectivity index is 1.63. The first-order valence-electron chi connectivity index (χ1n) is 12.4. The number of esters is 1. The van der Waals surface area contributed by atoms with Gasteiger partial charge < -0.3 is 4.74 Å². The van der Waals surface area contributed by atoms with Crippen LogP contribution in [-0.4, -0.2) is 11.8 Å². The summed E-state index contributed by atoms with van der Waals surface area (Å²) in [5.74, 6) is 3.62. The van der Waals surface area contributed by atoms with Crippen LogP contribution in [-0.2, 0) is 14.3 Å². The van der Waals surface area contributed by atoms with Crippen molar-refractivity contribution in [3.8, 4) is 0 Å². The summed E-state index contributed by atoms with van der Waals surface area (Å²) in [4.78, 5) is 24.8. The zero-order valence-corrected chi connectivity index (χ0v) is 20.2. The van der Waals surface area contributed by atoms with Gasteiger partial charge in [-0.05, 0) is 73.0 Å². The Morgan fingerprint density at radius 2 is 1.71 bits per heavy atom. The molecule has 2 saturated carbocycles. The van der Waals surface area contributed by atoms with E-state index in [-0.39, 0.29) is 22.6 Å². The number of rotatable bonds is 4. The van der Waals surface area contributed by atoms with Crippen molar-refractivity contribution in [3.63, 3.8) is 0 Å². The Morgan fingerprint density at radius 3 is 2.42 bits per heavy atom. The Bertz CT molecular complexity index is 846. The van der Waals surface area contributed by atoms with E-state index in [4.69, 9.17) is 4.74 Å². The molecule has 3 nitrogen and oxygen atoms in total. The zero-order chi connectivity index (χ0) is 22.6. The topological polar surface area (TPSA) is 43.4 Å². The van der Waals surface area contributed by atoms with E-state index in [1.54, 1.807) is 6.08 Å². The largest absolute Gasteiger partial charge is 0.427 e. The summed E-state index contributed by atoms with van der Waals surface area (Å²) < 4.78 is 5.74. The van der Waals surface area contributed by atoms with Gasteiger partial charge in [-0.2, -0.15) is 0 Å². The molecule has 0 aromatic heterocycles. The number of fused-ring (bicyclic) bond motifs is 5. The Labute approximate surface area is 188 Å². The molecule has 3 aliphatic carbocycles. The van der Waals surface area contributed by atoms with Gasteiger partial charge in [0, 0.05) is 24.0 Å². The summed E-state index contributed by atoms with van der Waals surface area (Å²) in [5.41, 5.74) is 1.31. The van der Waals surface area contributed by atoms with E-state index in [2.05, 4.69) is 53.7 Å². The van der Waals surface area contributed by atoms with Crippen LogP contribution >= 0.6 is 0 Å². The summed E-state index contributed by atoms with van der Waals surface area (Å²) in [7, 11) is 0. The van der Waals surface area contributed by atoms with Crippen molar-refractivity contribution >= 4 is 11.8 Å². The SMILES string of the molecule is CC(C)[C@H](C)/C=C/[C@H](C)[C@H]1CC[C@H]2C3=CC(=O)OC4=CC(=O)CC[C@]4(C)[C@H]3CC[C@]12C. The lowest BCUT2D eigenvalue weighted by Gasteiger charge is -2.51. The van der Waals surface area contributed by atoms with Crippen LogP contribution in [0.25, 0.3) is 0 Å². The third-order valence-corrected chi connectivity index (χ3v) is 9.60. The summed E-state index contributed by atoms with van der Waals surface area (Å²) in [5, 5.41) is 0. The Hall–Kier alpha value is -1.64. The Morgan fingerprint density at radius 1 is 0.968 bits per heavy atom. The minimum Gasteiger partial charge on any atom is -0.427 e. The Kier molecular flexibility index (Phi) is 5.85. The van der Waals surface area contributed by atoms with Crippen LogP contribution in [0.4, 0.5) is 0 Å². The van der Waals surface area contributed by atoms with Gasteiger partial charge in [0.25, 0.3) is 0 Å². The smallest absolute Gasteiger partial charge is 0.335 e. The number of allylic oxidation sites excluding steroid dienone is 5. The first kappa shape index (κ1) is 22.6. The lowest BCUT2D eigenvalue weighted by Crippen LogP contribution is -2.44. The minimum atomic E-state index is -0.281. The van der Waals surface area contributed by atoms with Crippen LogP contribution in [0.5, 0.6) is 0 Å². The second kappa shape index (κ2) is 8.05. The molecule has 0 spiro atoms. The van der Waals surface area contributed by atoms with E-state index < -0.39 is 0 Å². The number of hydrogen-bond acceptors (Lipinski definition) is 3. The molecule has 4 rings (SSSR count). The third kappa shape index (κ3) is 3.76. The summed E-state index contributed by atoms with van der Waals surface area (Å²) in [6.45, 7) is 14.0. The predicted molar refractivity (Wildman–Crippen MR) is 124 cm³/mol. The maximum absolute atomic E-state index is 12.7. The lowest BCUT2D eigenvalue weighted by atomic mass is 9.53. The second-order valence-corrected chi connectivity index (χ2v) is 11.6. The molecule has 2 fully saturated rings. The van der Waals surface area contributed by atoms with E-state index in [9.17, 15) is 9.59 Å². The molecule has 0 amide bonds. The van der Waals surface area contributed by atoms with Crippen molar-refractivity contribution in [1.29, 1.82) is 0 Å². The molecule has 1 heterocycles. The highest BCUT2D eigenvalue weighted by atomic mass is 16.5. The van der Waals surface area contributed by atoms with Crippen LogP contribution in [0.15, 0.2) is 35.6 Å². The molecule has 31 heavy (non-hydrogen) atoms. The maximum atomic E-state index is 12.7. The van der Waals surface area contributed by atoms with Crippen molar-refractivity contribution < 1.29 is 14.3 Å². The first-order valence-corrected chi connectivity index (χ1v) is 12.4. The molecule has 0 N–H and O–H groups in total. The number of ether oxygens (including phenoxy) is 1. The lowest BCUT2D eigenvalue weighted by molar-refractivity contribution is -0.136. The van der Waals surface area contributed by atoms with Crippen molar-refractivity contribution in [3.05, 3.63) is 35.6 Å². The van der Waals surface area contributed by atoms with Crippen molar-refractivity contribution in [2.75, 3.05) is 0 Å².